The van der Waals surface area contributed by atoms with Crippen LogP contribution in [0.5, 0.6) is 0 Å². The van der Waals surface area contributed by atoms with Crippen molar-refractivity contribution in [3.8, 4) is 0 Å². The third-order valence-corrected chi connectivity index (χ3v) is 9.98. The minimum atomic E-state index is -1.89. The lowest BCUT2D eigenvalue weighted by Gasteiger charge is -2.34. The second-order valence-corrected chi connectivity index (χ2v) is 15.3. The van der Waals surface area contributed by atoms with Crippen LogP contribution in [-0.2, 0) is 9.53 Å². The monoisotopic (exact) mass is 417 g/mol. The van der Waals surface area contributed by atoms with Gasteiger partial charge in [0.05, 0.1) is 8.07 Å². The lowest BCUT2D eigenvalue weighted by molar-refractivity contribution is -0.141. The molecular formula is C23H35NO4Si. The van der Waals surface area contributed by atoms with Crippen LogP contribution in [0.15, 0.2) is 41.8 Å². The summed E-state index contributed by atoms with van der Waals surface area (Å²) in [5, 5.41) is 12.7. The molecule has 1 amide bonds. The molecule has 0 saturated carbocycles. The number of benzene rings is 1. The summed E-state index contributed by atoms with van der Waals surface area (Å²) in [5.41, 5.74) is 3.93. The van der Waals surface area contributed by atoms with E-state index in [1.165, 1.54) is 6.92 Å². The lowest BCUT2D eigenvalue weighted by atomic mass is 9.87. The molecule has 0 aromatic heterocycles. The Bertz CT molecular complexity index is 810. The average molecular weight is 418 g/mol. The second-order valence-electron chi connectivity index (χ2n) is 10.1. The number of nitrogens with one attached hydrogen (secondary N) is 1. The Balaban J connectivity index is 3.63. The molecule has 160 valence electrons. The van der Waals surface area contributed by atoms with E-state index in [9.17, 15) is 14.7 Å². The molecule has 2 N–H and O–H groups in total. The molecule has 1 atom stereocenters. The molecule has 0 saturated heterocycles. The maximum Gasteiger partial charge on any atom is 0.408 e. The first-order valence-corrected chi connectivity index (χ1v) is 12.9. The molecule has 0 radical (unpaired) electrons. The number of carboxylic acids is 1. The molecule has 0 aliphatic rings. The number of aliphatic carboxylic acids is 1. The minimum Gasteiger partial charge on any atom is -0.479 e. The molecule has 0 unspecified atom stereocenters. The van der Waals surface area contributed by atoms with Crippen LogP contribution in [0.1, 0.15) is 54.0 Å². The van der Waals surface area contributed by atoms with Crippen molar-refractivity contribution < 1.29 is 19.4 Å². The first kappa shape index (κ1) is 24.7. The maximum atomic E-state index is 12.4. The van der Waals surface area contributed by atoms with Crippen LogP contribution in [0.2, 0.25) is 18.1 Å². The molecule has 1 aromatic rings. The van der Waals surface area contributed by atoms with Crippen molar-refractivity contribution >= 4 is 25.7 Å². The molecule has 0 aliphatic heterocycles. The Hall–Kier alpha value is -2.30. The van der Waals surface area contributed by atoms with E-state index in [0.717, 1.165) is 0 Å². The highest BCUT2D eigenvalue weighted by atomic mass is 28.3. The van der Waals surface area contributed by atoms with Gasteiger partial charge in [-0.25, -0.2) is 9.59 Å². The molecule has 0 heterocycles. The molecule has 0 bridgehead atoms. The first-order chi connectivity index (χ1) is 13.0. The molecule has 1 rings (SSSR count). The zero-order valence-electron chi connectivity index (χ0n) is 19.1. The van der Waals surface area contributed by atoms with Gasteiger partial charge in [0, 0.05) is 5.57 Å². The standard InChI is InChI=1S/C23H35NO4Si/c1-21(2,3)28-20(27)24-23(7,19(25)26)18(17-13-11-10-12-14-17)15-16-29(8,9)22(4,5)6/h10-14,16H,1-9H3,(H,24,27)(H,25,26)/t15?,23-/m0/s1. The molecule has 1 aromatic carbocycles. The predicted octanol–water partition coefficient (Wildman–Crippen LogP) is 5.64. The summed E-state index contributed by atoms with van der Waals surface area (Å²) in [5.74, 6) is -1.18. The fourth-order valence-corrected chi connectivity index (χ4v) is 3.26. The first-order valence-electron chi connectivity index (χ1n) is 9.78. The van der Waals surface area contributed by atoms with Gasteiger partial charge in [-0.3, -0.25) is 0 Å². The number of carbonyl (C=O) groups is 2. The molecular weight excluding hydrogens is 382 g/mol. The zero-order valence-corrected chi connectivity index (χ0v) is 20.1. The van der Waals surface area contributed by atoms with Crippen molar-refractivity contribution in [2.75, 3.05) is 0 Å². The fraction of sp³-hybridized carbons (Fsp3) is 0.522. The van der Waals surface area contributed by atoms with Crippen molar-refractivity contribution in [3.63, 3.8) is 0 Å². The van der Waals surface area contributed by atoms with E-state index in [0.29, 0.717) is 11.1 Å². The van der Waals surface area contributed by atoms with Crippen molar-refractivity contribution in [2.24, 2.45) is 0 Å². The molecule has 29 heavy (non-hydrogen) atoms. The van der Waals surface area contributed by atoms with Crippen LogP contribution in [0.4, 0.5) is 4.79 Å². The van der Waals surface area contributed by atoms with Gasteiger partial charge in [0.1, 0.15) is 5.60 Å². The van der Waals surface area contributed by atoms with Gasteiger partial charge in [-0.05, 0) is 38.3 Å². The van der Waals surface area contributed by atoms with Gasteiger partial charge in [0.2, 0.25) is 0 Å². The molecule has 0 fully saturated rings. The van der Waals surface area contributed by atoms with E-state index in [2.05, 4.69) is 44.9 Å². The third-order valence-electron chi connectivity index (χ3n) is 5.25. The fourth-order valence-electron chi connectivity index (χ4n) is 2.32. The number of carboxylic acid groups (broad SMARTS) is 1. The van der Waals surface area contributed by atoms with Gasteiger partial charge in [0.25, 0.3) is 0 Å². The van der Waals surface area contributed by atoms with Crippen molar-refractivity contribution in [2.45, 2.75) is 77.7 Å². The Kier molecular flexibility index (Phi) is 7.33. The Morgan fingerprint density at radius 1 is 1.03 bits per heavy atom. The number of rotatable bonds is 5. The van der Waals surface area contributed by atoms with Gasteiger partial charge in [-0.2, -0.15) is 0 Å². The van der Waals surface area contributed by atoms with Crippen molar-refractivity contribution in [1.82, 2.24) is 5.32 Å². The number of alkyl carbamates (subject to hydrolysis) is 1. The van der Waals surface area contributed by atoms with Crippen LogP contribution >= 0.6 is 0 Å². The normalized spacial score (nSPS) is 14.2. The summed E-state index contributed by atoms with van der Waals surface area (Å²) in [7, 11) is -1.89. The Labute approximate surface area is 175 Å². The van der Waals surface area contributed by atoms with Gasteiger partial charge >= 0.3 is 12.1 Å². The van der Waals surface area contributed by atoms with Crippen LogP contribution < -0.4 is 5.32 Å². The van der Waals surface area contributed by atoms with Gasteiger partial charge in [0.15, 0.2) is 5.54 Å². The van der Waals surface area contributed by atoms with Crippen LogP contribution in [0.3, 0.4) is 0 Å². The molecule has 0 spiro atoms. The minimum absolute atomic E-state index is 0.0695. The molecule has 5 nitrogen and oxygen atoms in total. The number of hydrogen-bond donors (Lipinski definition) is 2. The van der Waals surface area contributed by atoms with E-state index < -0.39 is 31.3 Å². The zero-order chi connectivity index (χ0) is 22.7. The van der Waals surface area contributed by atoms with Crippen LogP contribution in [0.25, 0.3) is 5.57 Å². The predicted molar refractivity (Wildman–Crippen MR) is 121 cm³/mol. The lowest BCUT2D eigenvalue weighted by Crippen LogP contribution is -2.54. The summed E-state index contributed by atoms with van der Waals surface area (Å²) >= 11 is 0. The summed E-state index contributed by atoms with van der Waals surface area (Å²) in [4.78, 5) is 24.8. The topological polar surface area (TPSA) is 75.6 Å². The van der Waals surface area contributed by atoms with Crippen LogP contribution in [0, 0.1) is 0 Å². The third kappa shape index (κ3) is 6.62. The van der Waals surface area contributed by atoms with Crippen molar-refractivity contribution in [3.05, 3.63) is 47.3 Å². The molecule has 6 heteroatoms. The average Bonchev–Trinajstić information content (AvgIpc) is 2.52. The number of amides is 1. The largest absolute Gasteiger partial charge is 0.479 e. The summed E-state index contributed by atoms with van der Waals surface area (Å²) in [6.07, 6.45) is -0.787. The smallest absolute Gasteiger partial charge is 0.408 e. The van der Waals surface area contributed by atoms with E-state index in [-0.39, 0.29) is 5.04 Å². The van der Waals surface area contributed by atoms with Crippen LogP contribution in [-0.4, -0.2) is 36.4 Å². The molecule has 0 aliphatic carbocycles. The Morgan fingerprint density at radius 3 is 1.97 bits per heavy atom. The summed E-state index contributed by atoms with van der Waals surface area (Å²) in [6, 6.07) is 9.16. The highest BCUT2D eigenvalue weighted by molar-refractivity contribution is 6.84. The Morgan fingerprint density at radius 2 is 1.55 bits per heavy atom. The highest BCUT2D eigenvalue weighted by Crippen LogP contribution is 2.37. The summed E-state index contributed by atoms with van der Waals surface area (Å²) < 4.78 is 5.31. The quantitative estimate of drug-likeness (QED) is 0.480. The summed E-state index contributed by atoms with van der Waals surface area (Å²) in [6.45, 7) is 17.6. The van der Waals surface area contributed by atoms with E-state index >= 15 is 0 Å². The van der Waals surface area contributed by atoms with E-state index in [1.807, 2.05) is 36.0 Å². The highest BCUT2D eigenvalue weighted by Gasteiger charge is 2.41. The van der Waals surface area contributed by atoms with E-state index in [4.69, 9.17) is 4.74 Å². The van der Waals surface area contributed by atoms with Gasteiger partial charge in [-0.15, -0.1) is 5.73 Å². The SMILES string of the molecule is CC(C)(C)OC(=O)N[C@](C)(C(=O)O)C(=C=C[Si](C)(C)C(C)(C)C)c1ccccc1. The number of carbonyl (C=O) groups excluding carboxylic acids is 1. The van der Waals surface area contributed by atoms with E-state index in [1.54, 1.807) is 20.8 Å². The number of hydrogen-bond acceptors (Lipinski definition) is 3. The van der Waals surface area contributed by atoms with Crippen molar-refractivity contribution in [1.29, 1.82) is 0 Å². The number of ether oxygens (including phenoxy) is 1. The maximum absolute atomic E-state index is 12.4. The van der Waals surface area contributed by atoms with Gasteiger partial charge < -0.3 is 15.2 Å². The second kappa shape index (κ2) is 8.60. The van der Waals surface area contributed by atoms with Gasteiger partial charge in [-0.1, -0.05) is 69.9 Å².